The maximum atomic E-state index is 11.8. The number of esters is 1. The van der Waals surface area contributed by atoms with Crippen molar-refractivity contribution < 1.29 is 9.53 Å². The van der Waals surface area contributed by atoms with Crippen molar-refractivity contribution in [3.05, 3.63) is 59.4 Å². The van der Waals surface area contributed by atoms with Crippen LogP contribution in [0.3, 0.4) is 0 Å². The van der Waals surface area contributed by atoms with Crippen molar-refractivity contribution in [3.63, 3.8) is 0 Å². The lowest BCUT2D eigenvalue weighted by Crippen LogP contribution is -2.28. The first kappa shape index (κ1) is 16.9. The molecule has 0 aliphatic carbocycles. The Balaban J connectivity index is 1.99. The molecule has 2 aromatic rings. The molecule has 2 rings (SSSR count). The minimum atomic E-state index is -0.343. The summed E-state index contributed by atoms with van der Waals surface area (Å²) in [4.78, 5) is 15.9. The molecule has 0 unspecified atom stereocenters. The van der Waals surface area contributed by atoms with Crippen LogP contribution in [0.4, 0.5) is 5.69 Å². The van der Waals surface area contributed by atoms with Crippen LogP contribution in [0.2, 0.25) is 0 Å². The third-order valence-corrected chi connectivity index (χ3v) is 3.42. The summed E-state index contributed by atoms with van der Waals surface area (Å²) in [5.41, 5.74) is 3.30. The molecule has 0 fully saturated rings. The van der Waals surface area contributed by atoms with E-state index in [0.717, 1.165) is 16.8 Å². The molecule has 5 nitrogen and oxygen atoms in total. The highest BCUT2D eigenvalue weighted by Gasteiger charge is 2.09. The van der Waals surface area contributed by atoms with E-state index in [0.29, 0.717) is 23.8 Å². The number of nitrogens with one attached hydrogen (secondary N) is 2. The van der Waals surface area contributed by atoms with E-state index in [-0.39, 0.29) is 5.97 Å². The largest absolute Gasteiger partial charge is 0.462 e. The minimum absolute atomic E-state index is 0.343. The fourth-order valence-electron chi connectivity index (χ4n) is 1.95. The standard InChI is InChI=1S/C17H19N3O2S/c1-3-22-16(21)14-7-6-12(2)15(9-14)20-17(23)19-11-13-5-4-8-18-10-13/h4-10H,3,11H2,1-2H3,(H2,19,20,23). The topological polar surface area (TPSA) is 63.2 Å². The molecule has 0 radical (unpaired) electrons. The van der Waals surface area contributed by atoms with Gasteiger partial charge in [0, 0.05) is 24.6 Å². The molecule has 0 aliphatic rings. The molecule has 0 aliphatic heterocycles. The molecule has 1 aromatic carbocycles. The lowest BCUT2D eigenvalue weighted by molar-refractivity contribution is 0.0526. The van der Waals surface area contributed by atoms with E-state index in [9.17, 15) is 4.79 Å². The number of carbonyl (C=O) groups excluding carboxylic acids is 1. The Kier molecular flexibility index (Phi) is 6.05. The van der Waals surface area contributed by atoms with Crippen molar-refractivity contribution in [2.24, 2.45) is 0 Å². The summed E-state index contributed by atoms with van der Waals surface area (Å²) in [5.74, 6) is -0.343. The maximum absolute atomic E-state index is 11.8. The van der Waals surface area contributed by atoms with Crippen molar-refractivity contribution in [1.82, 2.24) is 10.3 Å². The van der Waals surface area contributed by atoms with Crippen LogP contribution >= 0.6 is 12.2 Å². The third kappa shape index (κ3) is 5.03. The predicted molar refractivity (Wildman–Crippen MR) is 94.4 cm³/mol. The summed E-state index contributed by atoms with van der Waals surface area (Å²) in [5, 5.41) is 6.71. The predicted octanol–water partition coefficient (Wildman–Crippen LogP) is 3.05. The molecule has 0 bridgehead atoms. The quantitative estimate of drug-likeness (QED) is 0.649. The van der Waals surface area contributed by atoms with E-state index >= 15 is 0 Å². The van der Waals surface area contributed by atoms with Gasteiger partial charge in [0.05, 0.1) is 12.2 Å². The number of ether oxygens (including phenoxy) is 1. The summed E-state index contributed by atoms with van der Waals surface area (Å²) in [6.07, 6.45) is 3.51. The molecule has 120 valence electrons. The number of rotatable bonds is 5. The molecule has 2 N–H and O–H groups in total. The van der Waals surface area contributed by atoms with Crippen LogP contribution in [0.5, 0.6) is 0 Å². The highest BCUT2D eigenvalue weighted by molar-refractivity contribution is 7.80. The van der Waals surface area contributed by atoms with Gasteiger partial charge < -0.3 is 15.4 Å². The minimum Gasteiger partial charge on any atom is -0.462 e. The third-order valence-electron chi connectivity index (χ3n) is 3.17. The zero-order valence-corrected chi connectivity index (χ0v) is 13.9. The van der Waals surface area contributed by atoms with Gasteiger partial charge in [-0.2, -0.15) is 0 Å². The maximum Gasteiger partial charge on any atom is 0.338 e. The fraction of sp³-hybridized carbons (Fsp3) is 0.235. The van der Waals surface area contributed by atoms with E-state index in [1.807, 2.05) is 25.1 Å². The SMILES string of the molecule is CCOC(=O)c1ccc(C)c(NC(=S)NCc2cccnc2)c1. The first-order valence-electron chi connectivity index (χ1n) is 7.31. The van der Waals surface area contributed by atoms with Gasteiger partial charge in [0.25, 0.3) is 0 Å². The molecule has 0 amide bonds. The number of aromatic nitrogens is 1. The van der Waals surface area contributed by atoms with Crippen molar-refractivity contribution >= 4 is 29.0 Å². The Bertz CT molecular complexity index is 689. The average molecular weight is 329 g/mol. The van der Waals surface area contributed by atoms with Crippen LogP contribution in [-0.4, -0.2) is 22.7 Å². The van der Waals surface area contributed by atoms with Crippen molar-refractivity contribution in [2.75, 3.05) is 11.9 Å². The van der Waals surface area contributed by atoms with Gasteiger partial charge in [-0.15, -0.1) is 0 Å². The number of anilines is 1. The molecule has 1 aromatic heterocycles. The number of hydrogen-bond donors (Lipinski definition) is 2. The van der Waals surface area contributed by atoms with Gasteiger partial charge in [-0.25, -0.2) is 4.79 Å². The molecule has 0 spiro atoms. The number of hydrogen-bond acceptors (Lipinski definition) is 4. The molecule has 0 atom stereocenters. The second kappa shape index (κ2) is 8.24. The average Bonchev–Trinajstić information content (AvgIpc) is 2.56. The van der Waals surface area contributed by atoms with Gasteiger partial charge in [0.1, 0.15) is 0 Å². The summed E-state index contributed by atoms with van der Waals surface area (Å²) >= 11 is 5.30. The summed E-state index contributed by atoms with van der Waals surface area (Å²) in [7, 11) is 0. The number of thiocarbonyl (C=S) groups is 1. The Morgan fingerprint density at radius 3 is 2.87 bits per heavy atom. The van der Waals surface area contributed by atoms with E-state index in [1.165, 1.54) is 0 Å². The Morgan fingerprint density at radius 2 is 2.17 bits per heavy atom. The monoisotopic (exact) mass is 329 g/mol. The Hall–Kier alpha value is -2.47. The number of nitrogens with zero attached hydrogens (tertiary/aromatic N) is 1. The fourth-order valence-corrected chi connectivity index (χ4v) is 2.13. The molecule has 1 heterocycles. The zero-order chi connectivity index (χ0) is 16.7. The van der Waals surface area contributed by atoms with Crippen LogP contribution in [-0.2, 0) is 11.3 Å². The van der Waals surface area contributed by atoms with Crippen LogP contribution < -0.4 is 10.6 Å². The number of pyridine rings is 1. The molecule has 23 heavy (non-hydrogen) atoms. The number of benzene rings is 1. The van der Waals surface area contributed by atoms with Gasteiger partial charge in [0.2, 0.25) is 0 Å². The lowest BCUT2D eigenvalue weighted by Gasteiger charge is -2.13. The first-order valence-corrected chi connectivity index (χ1v) is 7.72. The normalized spacial score (nSPS) is 10.0. The van der Waals surface area contributed by atoms with Gasteiger partial charge in [-0.05, 0) is 55.4 Å². The molecular formula is C17H19N3O2S. The molecule has 0 saturated carbocycles. The van der Waals surface area contributed by atoms with Gasteiger partial charge in [0.15, 0.2) is 5.11 Å². The van der Waals surface area contributed by atoms with E-state index in [2.05, 4.69) is 15.6 Å². The molecule has 6 heteroatoms. The van der Waals surface area contributed by atoms with Crippen molar-refractivity contribution in [1.29, 1.82) is 0 Å². The lowest BCUT2D eigenvalue weighted by atomic mass is 10.1. The highest BCUT2D eigenvalue weighted by atomic mass is 32.1. The van der Waals surface area contributed by atoms with Crippen molar-refractivity contribution in [3.8, 4) is 0 Å². The Morgan fingerprint density at radius 1 is 1.35 bits per heavy atom. The Labute approximate surface area is 141 Å². The van der Waals surface area contributed by atoms with Crippen LogP contribution in [0, 0.1) is 6.92 Å². The number of aryl methyl sites for hydroxylation is 1. The second-order valence-corrected chi connectivity index (χ2v) is 5.33. The van der Waals surface area contributed by atoms with Crippen molar-refractivity contribution in [2.45, 2.75) is 20.4 Å². The first-order chi connectivity index (χ1) is 11.1. The van der Waals surface area contributed by atoms with Crippen LogP contribution in [0.25, 0.3) is 0 Å². The molecule has 0 saturated heterocycles. The summed E-state index contributed by atoms with van der Waals surface area (Å²) < 4.78 is 5.01. The van der Waals surface area contributed by atoms with E-state index in [1.54, 1.807) is 31.5 Å². The summed E-state index contributed by atoms with van der Waals surface area (Å²) in [6.45, 7) is 4.65. The van der Waals surface area contributed by atoms with Gasteiger partial charge in [-0.3, -0.25) is 4.98 Å². The smallest absolute Gasteiger partial charge is 0.338 e. The highest BCUT2D eigenvalue weighted by Crippen LogP contribution is 2.17. The zero-order valence-electron chi connectivity index (χ0n) is 13.1. The van der Waals surface area contributed by atoms with Crippen LogP contribution in [0.15, 0.2) is 42.7 Å². The van der Waals surface area contributed by atoms with Gasteiger partial charge >= 0.3 is 5.97 Å². The number of carbonyl (C=O) groups is 1. The van der Waals surface area contributed by atoms with Crippen LogP contribution in [0.1, 0.15) is 28.4 Å². The van der Waals surface area contributed by atoms with Gasteiger partial charge in [-0.1, -0.05) is 12.1 Å². The second-order valence-electron chi connectivity index (χ2n) is 4.92. The van der Waals surface area contributed by atoms with E-state index < -0.39 is 0 Å². The molecular weight excluding hydrogens is 310 g/mol. The van der Waals surface area contributed by atoms with E-state index in [4.69, 9.17) is 17.0 Å². The summed E-state index contributed by atoms with van der Waals surface area (Å²) in [6, 6.07) is 9.18.